The minimum Gasteiger partial charge on any atom is -0.477 e. The fraction of sp³-hybridized carbons (Fsp3) is 0.263. The molecule has 0 spiro atoms. The molecule has 1 aromatic heterocycles. The Labute approximate surface area is 163 Å². The summed E-state index contributed by atoms with van der Waals surface area (Å²) in [6.07, 6.45) is -4.54. The minimum atomic E-state index is -4.54. The summed E-state index contributed by atoms with van der Waals surface area (Å²) in [5.74, 6) is -0.468. The Morgan fingerprint density at radius 2 is 1.71 bits per heavy atom. The second-order valence-corrected chi connectivity index (χ2v) is 7.07. The number of nitrogens with zero attached hydrogens (tertiary/aromatic N) is 3. The van der Waals surface area contributed by atoms with Gasteiger partial charge in [0.1, 0.15) is 0 Å². The molecule has 0 atom stereocenters. The first-order valence-electron chi connectivity index (χ1n) is 8.21. The molecule has 28 heavy (non-hydrogen) atoms. The maximum absolute atomic E-state index is 14.1. The summed E-state index contributed by atoms with van der Waals surface area (Å²) in [5.41, 5.74) is -2.11. The topological polar surface area (TPSA) is 39.9 Å². The van der Waals surface area contributed by atoms with Crippen LogP contribution in [0.15, 0.2) is 42.5 Å². The number of aromatic nitrogens is 3. The third kappa shape index (κ3) is 3.82. The van der Waals surface area contributed by atoms with Crippen molar-refractivity contribution in [1.82, 2.24) is 14.8 Å². The molecule has 1 heterocycles. The molecule has 0 radical (unpaired) electrons. The van der Waals surface area contributed by atoms with Crippen LogP contribution >= 0.6 is 11.6 Å². The minimum absolute atomic E-state index is 0.0242. The Kier molecular flexibility index (Phi) is 5.10. The normalized spacial score (nSPS) is 12.3. The van der Waals surface area contributed by atoms with Crippen molar-refractivity contribution in [3.63, 3.8) is 0 Å². The number of rotatable bonds is 4. The summed E-state index contributed by atoms with van der Waals surface area (Å²) in [6.45, 7) is 3.23. The van der Waals surface area contributed by atoms with Crippen molar-refractivity contribution in [3.8, 4) is 17.1 Å². The van der Waals surface area contributed by atoms with Gasteiger partial charge in [-0.2, -0.15) is 13.2 Å². The molecule has 0 aliphatic carbocycles. The van der Waals surface area contributed by atoms with Crippen molar-refractivity contribution in [2.45, 2.75) is 25.6 Å². The first-order chi connectivity index (χ1) is 13.0. The van der Waals surface area contributed by atoms with Gasteiger partial charge in [0.15, 0.2) is 28.8 Å². The van der Waals surface area contributed by atoms with E-state index in [4.69, 9.17) is 16.3 Å². The lowest BCUT2D eigenvalue weighted by Crippen LogP contribution is -2.29. The third-order valence-corrected chi connectivity index (χ3v) is 4.38. The van der Waals surface area contributed by atoms with Gasteiger partial charge in [0.2, 0.25) is 0 Å². The van der Waals surface area contributed by atoms with Crippen LogP contribution in [0.3, 0.4) is 0 Å². The molecule has 0 saturated heterocycles. The Bertz CT molecular complexity index is 1010. The molecular formula is C19H16ClF4N3O. The van der Waals surface area contributed by atoms with Crippen molar-refractivity contribution in [3.05, 3.63) is 64.7 Å². The van der Waals surface area contributed by atoms with Gasteiger partial charge < -0.3 is 9.30 Å². The first kappa shape index (κ1) is 20.1. The summed E-state index contributed by atoms with van der Waals surface area (Å²) >= 11 is 5.74. The van der Waals surface area contributed by atoms with Gasteiger partial charge in [-0.1, -0.05) is 29.8 Å². The summed E-state index contributed by atoms with van der Waals surface area (Å²) in [6, 6.07) is 9.05. The lowest BCUT2D eigenvalue weighted by Gasteiger charge is -2.26. The molecular weight excluding hydrogens is 398 g/mol. The first-order valence-corrected chi connectivity index (χ1v) is 8.59. The number of halogens is 5. The average Bonchev–Trinajstić information content (AvgIpc) is 2.99. The number of alkyl halides is 3. The van der Waals surface area contributed by atoms with E-state index in [1.165, 1.54) is 41.9 Å². The summed E-state index contributed by atoms with van der Waals surface area (Å²) in [7, 11) is 1.53. The van der Waals surface area contributed by atoms with Crippen LogP contribution in [0.4, 0.5) is 17.6 Å². The van der Waals surface area contributed by atoms with E-state index >= 15 is 0 Å². The Morgan fingerprint density at radius 1 is 1.04 bits per heavy atom. The summed E-state index contributed by atoms with van der Waals surface area (Å²) in [4.78, 5) is 0. The largest absolute Gasteiger partial charge is 0.477 e. The maximum Gasteiger partial charge on any atom is 0.417 e. The Balaban J connectivity index is 2.01. The highest BCUT2D eigenvalue weighted by Crippen LogP contribution is 2.37. The molecule has 4 nitrogen and oxygen atoms in total. The molecule has 0 fully saturated rings. The zero-order valence-corrected chi connectivity index (χ0v) is 15.9. The molecule has 148 valence electrons. The molecule has 9 heteroatoms. The molecule has 3 rings (SSSR count). The lowest BCUT2D eigenvalue weighted by atomic mass is 10.1. The molecule has 0 N–H and O–H groups in total. The van der Waals surface area contributed by atoms with E-state index in [0.29, 0.717) is 0 Å². The van der Waals surface area contributed by atoms with Gasteiger partial charge in [-0.05, 0) is 38.1 Å². The van der Waals surface area contributed by atoms with Gasteiger partial charge in [0, 0.05) is 17.6 Å². The van der Waals surface area contributed by atoms with E-state index < -0.39 is 23.2 Å². The number of hydrogen-bond acceptors (Lipinski definition) is 3. The molecule has 0 unspecified atom stereocenters. The second-order valence-electron chi connectivity index (χ2n) is 6.64. The van der Waals surface area contributed by atoms with Gasteiger partial charge in [-0.25, -0.2) is 4.39 Å². The molecule has 0 aliphatic rings. The van der Waals surface area contributed by atoms with Crippen LogP contribution in [0.1, 0.15) is 25.2 Å². The highest BCUT2D eigenvalue weighted by atomic mass is 35.5. The van der Waals surface area contributed by atoms with Gasteiger partial charge in [0.05, 0.1) is 5.56 Å². The Morgan fingerprint density at radius 3 is 2.36 bits per heavy atom. The fourth-order valence-electron chi connectivity index (χ4n) is 2.89. The molecule has 0 saturated carbocycles. The molecule has 2 aromatic carbocycles. The SMILES string of the molecule is Cn1c(-c2ccccc2C(F)(F)F)nnc1C(C)(C)Oc1ccc(Cl)cc1F. The Hall–Kier alpha value is -2.61. The number of ether oxygens (including phenoxy) is 1. The third-order valence-electron chi connectivity index (χ3n) is 4.15. The predicted octanol–water partition coefficient (Wildman–Crippen LogP) is 5.61. The van der Waals surface area contributed by atoms with Crippen LogP contribution in [0.2, 0.25) is 5.02 Å². The lowest BCUT2D eigenvalue weighted by molar-refractivity contribution is -0.137. The van der Waals surface area contributed by atoms with Gasteiger partial charge in [-0.15, -0.1) is 10.2 Å². The van der Waals surface area contributed by atoms with Crippen LogP contribution in [-0.4, -0.2) is 14.8 Å². The smallest absolute Gasteiger partial charge is 0.417 e. The van der Waals surface area contributed by atoms with Crippen LogP contribution < -0.4 is 4.74 Å². The molecule has 3 aromatic rings. The number of hydrogen-bond donors (Lipinski definition) is 0. The monoisotopic (exact) mass is 413 g/mol. The van der Waals surface area contributed by atoms with Crippen molar-refractivity contribution >= 4 is 11.6 Å². The van der Waals surface area contributed by atoms with E-state index in [-0.39, 0.29) is 28.0 Å². The van der Waals surface area contributed by atoms with Crippen LogP contribution in [0.25, 0.3) is 11.4 Å². The zero-order valence-electron chi connectivity index (χ0n) is 15.2. The highest BCUT2D eigenvalue weighted by Gasteiger charge is 2.36. The quantitative estimate of drug-likeness (QED) is 0.522. The van der Waals surface area contributed by atoms with Gasteiger partial charge in [0.25, 0.3) is 0 Å². The van der Waals surface area contributed by atoms with Crippen LogP contribution in [-0.2, 0) is 18.8 Å². The van der Waals surface area contributed by atoms with Gasteiger partial charge in [-0.3, -0.25) is 0 Å². The van der Waals surface area contributed by atoms with Gasteiger partial charge >= 0.3 is 6.18 Å². The standard InChI is InChI=1S/C19H16ClF4N3O/c1-18(2,28-15-9-8-11(20)10-14(15)21)17-26-25-16(27(17)3)12-6-4-5-7-13(12)19(22,23)24/h4-10H,1-3H3. The highest BCUT2D eigenvalue weighted by molar-refractivity contribution is 6.30. The average molecular weight is 414 g/mol. The number of benzene rings is 2. The van der Waals surface area contributed by atoms with Crippen molar-refractivity contribution < 1.29 is 22.3 Å². The van der Waals surface area contributed by atoms with E-state index in [1.54, 1.807) is 13.8 Å². The second kappa shape index (κ2) is 7.09. The van der Waals surface area contributed by atoms with E-state index in [1.807, 2.05) is 0 Å². The predicted molar refractivity (Wildman–Crippen MR) is 96.5 cm³/mol. The van der Waals surface area contributed by atoms with Crippen molar-refractivity contribution in [1.29, 1.82) is 0 Å². The molecule has 0 bridgehead atoms. The molecule has 0 aliphatic heterocycles. The summed E-state index contributed by atoms with van der Waals surface area (Å²) < 4.78 is 61.2. The van der Waals surface area contributed by atoms with Crippen molar-refractivity contribution in [2.24, 2.45) is 7.05 Å². The van der Waals surface area contributed by atoms with E-state index in [9.17, 15) is 17.6 Å². The van der Waals surface area contributed by atoms with Crippen LogP contribution in [0.5, 0.6) is 5.75 Å². The zero-order chi connectivity index (χ0) is 20.7. The molecule has 0 amide bonds. The fourth-order valence-corrected chi connectivity index (χ4v) is 3.05. The van der Waals surface area contributed by atoms with Crippen molar-refractivity contribution in [2.75, 3.05) is 0 Å². The van der Waals surface area contributed by atoms with E-state index in [2.05, 4.69) is 10.2 Å². The summed E-state index contributed by atoms with van der Waals surface area (Å²) in [5, 5.41) is 8.14. The maximum atomic E-state index is 14.1. The van der Waals surface area contributed by atoms with Crippen LogP contribution in [0, 0.1) is 5.82 Å². The van der Waals surface area contributed by atoms with E-state index in [0.717, 1.165) is 12.1 Å².